The Morgan fingerprint density at radius 3 is 2.47 bits per heavy atom. The van der Waals surface area contributed by atoms with Gasteiger partial charge in [0, 0.05) is 18.7 Å². The Bertz CT molecular complexity index is 1270. The van der Waals surface area contributed by atoms with Gasteiger partial charge in [0.25, 0.3) is 5.91 Å². The molecule has 2 aliphatic heterocycles. The average Bonchev–Trinajstić information content (AvgIpc) is 2.90. The van der Waals surface area contributed by atoms with Crippen LogP contribution in [0.25, 0.3) is 0 Å². The van der Waals surface area contributed by atoms with E-state index in [0.29, 0.717) is 38.3 Å². The van der Waals surface area contributed by atoms with E-state index >= 15 is 0 Å². The fourth-order valence-corrected chi connectivity index (χ4v) is 5.45. The summed E-state index contributed by atoms with van der Waals surface area (Å²) in [7, 11) is 0. The van der Waals surface area contributed by atoms with Gasteiger partial charge in [-0.05, 0) is 67.1 Å². The van der Waals surface area contributed by atoms with E-state index in [9.17, 15) is 9.59 Å². The molecule has 0 saturated heterocycles. The summed E-state index contributed by atoms with van der Waals surface area (Å²) in [4.78, 5) is 29.0. The highest BCUT2D eigenvalue weighted by atomic mass is 16.5. The van der Waals surface area contributed by atoms with Gasteiger partial charge in [-0.2, -0.15) is 0 Å². The third-order valence-corrected chi connectivity index (χ3v) is 7.04. The summed E-state index contributed by atoms with van der Waals surface area (Å²) in [6, 6.07) is 21.3. The van der Waals surface area contributed by atoms with Gasteiger partial charge in [-0.15, -0.1) is 0 Å². The van der Waals surface area contributed by atoms with Gasteiger partial charge in [-0.1, -0.05) is 48.5 Å². The van der Waals surface area contributed by atoms with Crippen molar-refractivity contribution in [1.29, 1.82) is 0 Å². The molecule has 186 valence electrons. The number of amides is 2. The maximum atomic E-state index is 13.7. The fraction of sp³-hybridized carbons (Fsp3) is 0.333. The Morgan fingerprint density at radius 1 is 0.944 bits per heavy atom. The van der Waals surface area contributed by atoms with Gasteiger partial charge >= 0.3 is 0 Å². The SMILES string of the molecule is CCOc1ccc(CCNC(=O)[C@H]2c3ccccc3C(=O)N3CCc4ccccc4[C@H]23)cc1OCC. The summed E-state index contributed by atoms with van der Waals surface area (Å²) >= 11 is 0. The highest BCUT2D eigenvalue weighted by Crippen LogP contribution is 2.45. The van der Waals surface area contributed by atoms with Crippen molar-refractivity contribution in [2.45, 2.75) is 38.6 Å². The molecule has 1 N–H and O–H groups in total. The molecule has 0 fully saturated rings. The molecule has 0 unspecified atom stereocenters. The Hall–Kier alpha value is -3.80. The number of carbonyl (C=O) groups excluding carboxylic acids is 2. The molecule has 0 saturated carbocycles. The van der Waals surface area contributed by atoms with Crippen LogP contribution >= 0.6 is 0 Å². The van der Waals surface area contributed by atoms with Crippen LogP contribution in [0.2, 0.25) is 0 Å². The molecule has 0 bridgehead atoms. The van der Waals surface area contributed by atoms with Crippen LogP contribution < -0.4 is 14.8 Å². The number of ether oxygens (including phenoxy) is 2. The quantitative estimate of drug-likeness (QED) is 0.504. The van der Waals surface area contributed by atoms with E-state index in [1.807, 2.05) is 73.3 Å². The second kappa shape index (κ2) is 10.4. The lowest BCUT2D eigenvalue weighted by molar-refractivity contribution is -0.124. The van der Waals surface area contributed by atoms with E-state index < -0.39 is 5.92 Å². The topological polar surface area (TPSA) is 67.9 Å². The second-order valence-electron chi connectivity index (χ2n) is 9.15. The number of fused-ring (bicyclic) bond motifs is 4. The fourth-order valence-electron chi connectivity index (χ4n) is 5.45. The highest BCUT2D eigenvalue weighted by Gasteiger charge is 2.45. The Balaban J connectivity index is 1.38. The van der Waals surface area contributed by atoms with Gasteiger partial charge in [0.2, 0.25) is 5.91 Å². The summed E-state index contributed by atoms with van der Waals surface area (Å²) in [6.45, 7) is 6.12. The number of rotatable bonds is 8. The van der Waals surface area contributed by atoms with Crippen molar-refractivity contribution in [2.24, 2.45) is 0 Å². The maximum Gasteiger partial charge on any atom is 0.254 e. The summed E-state index contributed by atoms with van der Waals surface area (Å²) in [5, 5.41) is 3.16. The van der Waals surface area contributed by atoms with Crippen LogP contribution in [-0.4, -0.2) is 43.0 Å². The largest absolute Gasteiger partial charge is 0.490 e. The van der Waals surface area contributed by atoms with E-state index in [2.05, 4.69) is 17.4 Å². The van der Waals surface area contributed by atoms with Gasteiger partial charge in [0.15, 0.2) is 11.5 Å². The Kier molecular flexibility index (Phi) is 6.94. The molecule has 0 aliphatic carbocycles. The molecule has 0 spiro atoms. The van der Waals surface area contributed by atoms with Crippen molar-refractivity contribution in [3.05, 3.63) is 94.5 Å². The minimum absolute atomic E-state index is 0.00648. The van der Waals surface area contributed by atoms with Crippen LogP contribution in [0.15, 0.2) is 66.7 Å². The molecular weight excluding hydrogens is 452 g/mol. The van der Waals surface area contributed by atoms with Crippen molar-refractivity contribution in [2.75, 3.05) is 26.3 Å². The minimum atomic E-state index is -0.459. The van der Waals surface area contributed by atoms with Crippen LogP contribution in [0.4, 0.5) is 0 Å². The van der Waals surface area contributed by atoms with Crippen LogP contribution in [0.5, 0.6) is 11.5 Å². The second-order valence-corrected chi connectivity index (χ2v) is 9.15. The molecule has 3 aromatic carbocycles. The molecule has 0 aromatic heterocycles. The smallest absolute Gasteiger partial charge is 0.254 e. The monoisotopic (exact) mass is 484 g/mol. The van der Waals surface area contributed by atoms with Crippen molar-refractivity contribution in [1.82, 2.24) is 10.2 Å². The summed E-state index contributed by atoms with van der Waals surface area (Å²) in [6.07, 6.45) is 1.46. The van der Waals surface area contributed by atoms with Crippen molar-refractivity contribution < 1.29 is 19.1 Å². The third kappa shape index (κ3) is 4.43. The third-order valence-electron chi connectivity index (χ3n) is 7.04. The zero-order valence-electron chi connectivity index (χ0n) is 20.8. The number of benzene rings is 3. The first-order valence-electron chi connectivity index (χ1n) is 12.8. The lowest BCUT2D eigenvalue weighted by Gasteiger charge is -2.45. The predicted molar refractivity (Wildman–Crippen MR) is 139 cm³/mol. The lowest BCUT2D eigenvalue weighted by Crippen LogP contribution is -2.50. The first-order valence-corrected chi connectivity index (χ1v) is 12.8. The van der Waals surface area contributed by atoms with E-state index in [-0.39, 0.29) is 17.9 Å². The maximum absolute atomic E-state index is 13.7. The Morgan fingerprint density at radius 2 is 1.67 bits per heavy atom. The van der Waals surface area contributed by atoms with Crippen molar-refractivity contribution >= 4 is 11.8 Å². The molecule has 36 heavy (non-hydrogen) atoms. The number of nitrogens with one attached hydrogen (secondary N) is 1. The summed E-state index contributed by atoms with van der Waals surface area (Å²) in [5.74, 6) is 0.938. The first-order chi connectivity index (χ1) is 17.6. The first kappa shape index (κ1) is 23.9. The van der Waals surface area contributed by atoms with Gasteiger partial charge in [-0.3, -0.25) is 9.59 Å². The van der Waals surface area contributed by atoms with Crippen molar-refractivity contribution in [3.63, 3.8) is 0 Å². The minimum Gasteiger partial charge on any atom is -0.490 e. The van der Waals surface area contributed by atoms with E-state index in [1.165, 1.54) is 5.56 Å². The van der Waals surface area contributed by atoms with E-state index in [0.717, 1.165) is 34.6 Å². The molecule has 6 nitrogen and oxygen atoms in total. The van der Waals surface area contributed by atoms with Gasteiger partial charge in [-0.25, -0.2) is 0 Å². The normalized spacial score (nSPS) is 18.1. The number of nitrogens with zero attached hydrogens (tertiary/aromatic N) is 1. The van der Waals surface area contributed by atoms with Crippen LogP contribution in [0, 0.1) is 0 Å². The molecule has 2 amide bonds. The summed E-state index contributed by atoms with van der Waals surface area (Å²) in [5.41, 5.74) is 4.77. The molecule has 2 heterocycles. The van der Waals surface area contributed by atoms with E-state index in [1.54, 1.807) is 0 Å². The van der Waals surface area contributed by atoms with Gasteiger partial charge in [0.1, 0.15) is 0 Å². The molecule has 5 rings (SSSR count). The molecule has 3 aromatic rings. The van der Waals surface area contributed by atoms with Crippen LogP contribution in [-0.2, 0) is 17.6 Å². The van der Waals surface area contributed by atoms with Crippen LogP contribution in [0.3, 0.4) is 0 Å². The highest BCUT2D eigenvalue weighted by molar-refractivity contribution is 6.01. The number of hydrogen-bond donors (Lipinski definition) is 1. The summed E-state index contributed by atoms with van der Waals surface area (Å²) < 4.78 is 11.4. The zero-order valence-corrected chi connectivity index (χ0v) is 20.8. The molecule has 2 aliphatic rings. The van der Waals surface area contributed by atoms with Crippen molar-refractivity contribution in [3.8, 4) is 11.5 Å². The van der Waals surface area contributed by atoms with Gasteiger partial charge in [0.05, 0.1) is 25.2 Å². The molecular formula is C30H32N2O4. The predicted octanol–water partition coefficient (Wildman–Crippen LogP) is 4.68. The zero-order chi connectivity index (χ0) is 25.1. The van der Waals surface area contributed by atoms with Gasteiger partial charge < -0.3 is 19.7 Å². The number of carbonyl (C=O) groups is 2. The van der Waals surface area contributed by atoms with E-state index in [4.69, 9.17) is 9.47 Å². The lowest BCUT2D eigenvalue weighted by atomic mass is 9.76. The standard InChI is InChI=1S/C30H32N2O4/c1-3-35-25-14-13-20(19-26(25)36-4-2)15-17-31-29(33)27-23-11-7-8-12-24(23)30(34)32-18-16-21-9-5-6-10-22(21)28(27)32/h5-14,19,27-28H,3-4,15-18H2,1-2H3,(H,31,33)/t27-,28+/m0/s1. The molecule has 6 heteroatoms. The Labute approximate surface area is 212 Å². The molecule has 0 radical (unpaired) electrons. The molecule has 2 atom stereocenters. The average molecular weight is 485 g/mol. The number of hydrogen-bond acceptors (Lipinski definition) is 4. The van der Waals surface area contributed by atoms with Crippen LogP contribution in [0.1, 0.15) is 58.4 Å².